The van der Waals surface area contributed by atoms with Gasteiger partial charge in [-0.3, -0.25) is 9.59 Å². The highest BCUT2D eigenvalue weighted by molar-refractivity contribution is 6.02. The Morgan fingerprint density at radius 3 is 2.56 bits per heavy atom. The zero-order valence-electron chi connectivity index (χ0n) is 14.8. The molecule has 1 aliphatic rings. The number of nitrogens with one attached hydrogen (secondary N) is 1. The van der Waals surface area contributed by atoms with Gasteiger partial charge in [-0.25, -0.2) is 0 Å². The quantitative estimate of drug-likeness (QED) is 0.760. The molecule has 136 valence electrons. The molecule has 1 atom stereocenters. The summed E-state index contributed by atoms with van der Waals surface area (Å²) < 4.78 is 5.17. The van der Waals surface area contributed by atoms with E-state index < -0.39 is 6.04 Å². The van der Waals surface area contributed by atoms with Gasteiger partial charge in [-0.15, -0.1) is 0 Å². The molecule has 0 unspecified atom stereocenters. The predicted molar refractivity (Wildman–Crippen MR) is 103 cm³/mol. The van der Waals surface area contributed by atoms with Crippen LogP contribution in [0.25, 0.3) is 0 Å². The number of nitrogens with zero attached hydrogens (tertiary/aromatic N) is 1. The van der Waals surface area contributed by atoms with E-state index in [1.807, 2.05) is 54.6 Å². The van der Waals surface area contributed by atoms with Crippen LogP contribution in [0.2, 0.25) is 0 Å². The smallest absolute Gasteiger partial charge is 0.287 e. The number of amides is 2. The highest BCUT2D eigenvalue weighted by Crippen LogP contribution is 2.28. The Bertz CT molecular complexity index is 935. The van der Waals surface area contributed by atoms with E-state index in [-0.39, 0.29) is 17.6 Å². The van der Waals surface area contributed by atoms with Crippen molar-refractivity contribution in [3.63, 3.8) is 0 Å². The Hall–Kier alpha value is -3.34. The average Bonchev–Trinajstić information content (AvgIpc) is 3.38. The molecule has 0 saturated heterocycles. The number of hydrogen-bond acceptors (Lipinski definition) is 3. The van der Waals surface area contributed by atoms with Crippen molar-refractivity contribution in [3.8, 4) is 0 Å². The first-order valence-corrected chi connectivity index (χ1v) is 9.00. The summed E-state index contributed by atoms with van der Waals surface area (Å²) in [7, 11) is 0. The molecule has 0 saturated carbocycles. The molecule has 2 heterocycles. The fourth-order valence-electron chi connectivity index (χ4n) is 3.44. The standard InChI is InChI=1S/C22H20N2O3/c25-21(20-11-6-14-27-20)23-18(15-16-7-2-1-3-8-16)22(26)24-13-12-17-9-4-5-10-19(17)24/h1-11,14,18H,12-13,15H2,(H,23,25)/t18-/m0/s1. The lowest BCUT2D eigenvalue weighted by Gasteiger charge is -2.25. The molecular weight excluding hydrogens is 340 g/mol. The van der Waals surface area contributed by atoms with Crippen molar-refractivity contribution in [3.05, 3.63) is 89.9 Å². The maximum atomic E-state index is 13.3. The molecule has 4 rings (SSSR count). The molecule has 5 nitrogen and oxygen atoms in total. The van der Waals surface area contributed by atoms with E-state index in [1.54, 1.807) is 17.0 Å². The summed E-state index contributed by atoms with van der Waals surface area (Å²) in [6, 6.07) is 20.2. The molecule has 0 fully saturated rings. The number of furan rings is 1. The molecule has 0 spiro atoms. The Morgan fingerprint density at radius 1 is 1.00 bits per heavy atom. The third-order valence-corrected chi connectivity index (χ3v) is 4.78. The Morgan fingerprint density at radius 2 is 1.78 bits per heavy atom. The van der Waals surface area contributed by atoms with Crippen LogP contribution in [0.4, 0.5) is 5.69 Å². The van der Waals surface area contributed by atoms with Gasteiger partial charge in [0.15, 0.2) is 5.76 Å². The fraction of sp³-hybridized carbons (Fsp3) is 0.182. The minimum absolute atomic E-state index is 0.108. The van der Waals surface area contributed by atoms with E-state index in [2.05, 4.69) is 5.32 Å². The van der Waals surface area contributed by atoms with E-state index in [4.69, 9.17) is 4.42 Å². The van der Waals surface area contributed by atoms with Gasteiger partial charge in [-0.2, -0.15) is 0 Å². The molecule has 2 amide bonds. The van der Waals surface area contributed by atoms with Gasteiger partial charge in [-0.05, 0) is 35.7 Å². The van der Waals surface area contributed by atoms with Gasteiger partial charge >= 0.3 is 0 Å². The molecule has 27 heavy (non-hydrogen) atoms. The third-order valence-electron chi connectivity index (χ3n) is 4.78. The first kappa shape index (κ1) is 17.1. The molecule has 1 aliphatic heterocycles. The molecule has 5 heteroatoms. The maximum absolute atomic E-state index is 13.3. The summed E-state index contributed by atoms with van der Waals surface area (Å²) >= 11 is 0. The molecule has 0 radical (unpaired) electrons. The van der Waals surface area contributed by atoms with Crippen LogP contribution < -0.4 is 10.2 Å². The minimum Gasteiger partial charge on any atom is -0.459 e. The summed E-state index contributed by atoms with van der Waals surface area (Å²) in [5, 5.41) is 2.85. The zero-order chi connectivity index (χ0) is 18.6. The lowest BCUT2D eigenvalue weighted by Crippen LogP contribution is -2.49. The van der Waals surface area contributed by atoms with Crippen molar-refractivity contribution >= 4 is 17.5 Å². The van der Waals surface area contributed by atoms with Gasteiger partial charge in [0.1, 0.15) is 6.04 Å². The summed E-state index contributed by atoms with van der Waals surface area (Å²) in [4.78, 5) is 27.6. The molecule has 0 aliphatic carbocycles. The summed E-state index contributed by atoms with van der Waals surface area (Å²) in [5.74, 6) is -0.298. The highest BCUT2D eigenvalue weighted by Gasteiger charge is 2.31. The highest BCUT2D eigenvalue weighted by atomic mass is 16.3. The van der Waals surface area contributed by atoms with Gasteiger partial charge in [0.25, 0.3) is 5.91 Å². The Balaban J connectivity index is 1.59. The molecule has 2 aromatic carbocycles. The van der Waals surface area contributed by atoms with Crippen molar-refractivity contribution in [2.24, 2.45) is 0 Å². The number of hydrogen-bond donors (Lipinski definition) is 1. The van der Waals surface area contributed by atoms with Crippen LogP contribution in [-0.2, 0) is 17.6 Å². The summed E-state index contributed by atoms with van der Waals surface area (Å²) in [5.41, 5.74) is 3.07. The second-order valence-corrected chi connectivity index (χ2v) is 6.56. The topological polar surface area (TPSA) is 62.6 Å². The number of anilines is 1. The van der Waals surface area contributed by atoms with E-state index in [0.717, 1.165) is 23.2 Å². The van der Waals surface area contributed by atoms with Gasteiger partial charge < -0.3 is 14.6 Å². The van der Waals surface area contributed by atoms with Crippen molar-refractivity contribution in [1.82, 2.24) is 5.32 Å². The second-order valence-electron chi connectivity index (χ2n) is 6.56. The SMILES string of the molecule is O=C(N[C@@H](Cc1ccccc1)C(=O)N1CCc2ccccc21)c1ccco1. The van der Waals surface area contributed by atoms with Crippen LogP contribution in [0.5, 0.6) is 0 Å². The number of carbonyl (C=O) groups is 2. The number of carbonyl (C=O) groups excluding carboxylic acids is 2. The molecule has 1 aromatic heterocycles. The predicted octanol–water partition coefficient (Wildman–Crippen LogP) is 3.21. The molecule has 0 bridgehead atoms. The zero-order valence-corrected chi connectivity index (χ0v) is 14.8. The molecular formula is C22H20N2O3. The van der Waals surface area contributed by atoms with Gasteiger partial charge in [0, 0.05) is 18.7 Å². The van der Waals surface area contributed by atoms with Crippen molar-refractivity contribution in [2.45, 2.75) is 18.9 Å². The van der Waals surface area contributed by atoms with Crippen LogP contribution in [0.1, 0.15) is 21.7 Å². The van der Waals surface area contributed by atoms with E-state index >= 15 is 0 Å². The van der Waals surface area contributed by atoms with Gasteiger partial charge in [0.2, 0.25) is 5.91 Å². The number of benzene rings is 2. The van der Waals surface area contributed by atoms with Crippen LogP contribution >= 0.6 is 0 Å². The van der Waals surface area contributed by atoms with Crippen molar-refractivity contribution in [2.75, 3.05) is 11.4 Å². The minimum atomic E-state index is -0.670. The van der Waals surface area contributed by atoms with Crippen molar-refractivity contribution < 1.29 is 14.0 Å². The fourth-order valence-corrected chi connectivity index (χ4v) is 3.44. The lowest BCUT2D eigenvalue weighted by atomic mass is 10.0. The van der Waals surface area contributed by atoms with Gasteiger partial charge in [-0.1, -0.05) is 48.5 Å². The number of rotatable bonds is 5. The Labute approximate surface area is 157 Å². The average molecular weight is 360 g/mol. The first-order valence-electron chi connectivity index (χ1n) is 9.00. The van der Waals surface area contributed by atoms with E-state index in [1.165, 1.54) is 6.26 Å². The monoisotopic (exact) mass is 360 g/mol. The number of para-hydroxylation sites is 1. The maximum Gasteiger partial charge on any atom is 0.287 e. The largest absolute Gasteiger partial charge is 0.459 e. The van der Waals surface area contributed by atoms with E-state index in [9.17, 15) is 9.59 Å². The van der Waals surface area contributed by atoms with Crippen LogP contribution in [0.3, 0.4) is 0 Å². The lowest BCUT2D eigenvalue weighted by molar-refractivity contribution is -0.120. The number of fused-ring (bicyclic) bond motifs is 1. The van der Waals surface area contributed by atoms with Crippen molar-refractivity contribution in [1.29, 1.82) is 0 Å². The van der Waals surface area contributed by atoms with Crippen LogP contribution in [0, 0.1) is 0 Å². The molecule has 1 N–H and O–H groups in total. The molecule has 3 aromatic rings. The summed E-state index contributed by atoms with van der Waals surface area (Å²) in [6.07, 6.45) is 2.69. The first-order chi connectivity index (χ1) is 13.2. The van der Waals surface area contributed by atoms with E-state index in [0.29, 0.717) is 13.0 Å². The second kappa shape index (κ2) is 7.50. The van der Waals surface area contributed by atoms with Crippen LogP contribution in [0.15, 0.2) is 77.4 Å². The van der Waals surface area contributed by atoms with Gasteiger partial charge in [0.05, 0.1) is 6.26 Å². The van der Waals surface area contributed by atoms with Crippen LogP contribution in [-0.4, -0.2) is 24.4 Å². The normalized spacial score (nSPS) is 13.9. The summed E-state index contributed by atoms with van der Waals surface area (Å²) in [6.45, 7) is 0.625. The third kappa shape index (κ3) is 3.62. The Kier molecular flexibility index (Phi) is 4.75.